The van der Waals surface area contributed by atoms with E-state index in [9.17, 15) is 0 Å². The van der Waals surface area contributed by atoms with Crippen LogP contribution in [-0.2, 0) is 6.54 Å². The molecule has 1 unspecified atom stereocenters. The molecular formula is C16H18N2O. The van der Waals surface area contributed by atoms with Gasteiger partial charge in [-0.25, -0.2) is 0 Å². The van der Waals surface area contributed by atoms with Gasteiger partial charge in [0.15, 0.2) is 0 Å². The Kier molecular flexibility index (Phi) is 3.13. The number of fused-ring (bicyclic) bond motifs is 1. The summed E-state index contributed by atoms with van der Waals surface area (Å²) in [4.78, 5) is 2.35. The van der Waals surface area contributed by atoms with Crippen LogP contribution in [0.1, 0.15) is 17.2 Å². The Balaban J connectivity index is 1.93. The number of nitrogens with zero attached hydrogens (tertiary/aromatic N) is 1. The molecule has 2 N–H and O–H groups in total. The van der Waals surface area contributed by atoms with Gasteiger partial charge in [0.2, 0.25) is 0 Å². The largest absolute Gasteiger partial charge is 0.497 e. The van der Waals surface area contributed by atoms with Crippen molar-refractivity contribution in [3.63, 3.8) is 0 Å². The van der Waals surface area contributed by atoms with Crippen LogP contribution >= 0.6 is 0 Å². The van der Waals surface area contributed by atoms with Gasteiger partial charge in [-0.05, 0) is 35.4 Å². The summed E-state index contributed by atoms with van der Waals surface area (Å²) in [6.07, 6.45) is 0. The van der Waals surface area contributed by atoms with Gasteiger partial charge in [0.05, 0.1) is 13.2 Å². The molecule has 1 aliphatic heterocycles. The highest BCUT2D eigenvalue weighted by Gasteiger charge is 2.28. The lowest BCUT2D eigenvalue weighted by atomic mass is 10.1. The molecule has 0 bridgehead atoms. The van der Waals surface area contributed by atoms with E-state index in [0.717, 1.165) is 12.3 Å². The molecule has 3 rings (SSSR count). The molecule has 2 aromatic rings. The van der Waals surface area contributed by atoms with Gasteiger partial charge in [-0.1, -0.05) is 24.3 Å². The third kappa shape index (κ3) is 2.06. The topological polar surface area (TPSA) is 38.5 Å². The maximum absolute atomic E-state index is 5.97. The number of nitrogens with two attached hydrogens (primary N) is 1. The van der Waals surface area contributed by atoms with Crippen LogP contribution in [0.4, 0.5) is 5.69 Å². The van der Waals surface area contributed by atoms with Crippen molar-refractivity contribution in [3.8, 4) is 5.75 Å². The van der Waals surface area contributed by atoms with E-state index in [0.29, 0.717) is 6.54 Å². The number of hydrogen-bond acceptors (Lipinski definition) is 3. The first-order chi connectivity index (χ1) is 9.33. The van der Waals surface area contributed by atoms with E-state index in [-0.39, 0.29) is 6.04 Å². The van der Waals surface area contributed by atoms with Crippen LogP contribution in [-0.4, -0.2) is 13.7 Å². The van der Waals surface area contributed by atoms with Crippen LogP contribution in [0, 0.1) is 0 Å². The molecule has 0 spiro atoms. The number of ether oxygens (including phenoxy) is 1. The van der Waals surface area contributed by atoms with Crippen molar-refractivity contribution in [2.45, 2.75) is 12.6 Å². The van der Waals surface area contributed by atoms with Gasteiger partial charge in [-0.15, -0.1) is 0 Å². The van der Waals surface area contributed by atoms with Crippen molar-refractivity contribution in [2.24, 2.45) is 5.73 Å². The standard InChI is InChI=1S/C16H18N2O/c1-19-14-8-6-13(7-9-14)18-11-12-4-2-3-5-15(12)16(18)10-17/h2-9,16H,10-11,17H2,1H3. The predicted octanol–water partition coefficient (Wildman–Crippen LogP) is 2.72. The smallest absolute Gasteiger partial charge is 0.119 e. The molecule has 98 valence electrons. The highest BCUT2D eigenvalue weighted by atomic mass is 16.5. The van der Waals surface area contributed by atoms with Crippen molar-refractivity contribution >= 4 is 5.69 Å². The van der Waals surface area contributed by atoms with Gasteiger partial charge in [-0.3, -0.25) is 0 Å². The molecule has 3 heteroatoms. The molecule has 0 saturated heterocycles. The first-order valence-corrected chi connectivity index (χ1v) is 6.52. The molecule has 19 heavy (non-hydrogen) atoms. The molecule has 3 nitrogen and oxygen atoms in total. The summed E-state index contributed by atoms with van der Waals surface area (Å²) in [6, 6.07) is 17.0. The Morgan fingerprint density at radius 1 is 1.16 bits per heavy atom. The molecule has 0 aromatic heterocycles. The van der Waals surface area contributed by atoms with E-state index in [1.165, 1.54) is 16.8 Å². The van der Waals surface area contributed by atoms with Gasteiger partial charge in [-0.2, -0.15) is 0 Å². The van der Waals surface area contributed by atoms with E-state index in [2.05, 4.69) is 41.3 Å². The lowest BCUT2D eigenvalue weighted by Crippen LogP contribution is -2.27. The molecule has 0 radical (unpaired) electrons. The fraction of sp³-hybridized carbons (Fsp3) is 0.250. The predicted molar refractivity (Wildman–Crippen MR) is 77.4 cm³/mol. The molecule has 0 amide bonds. The number of anilines is 1. The maximum atomic E-state index is 5.97. The van der Waals surface area contributed by atoms with E-state index in [1.54, 1.807) is 7.11 Å². The fourth-order valence-electron chi connectivity index (χ4n) is 2.76. The molecule has 1 aliphatic rings. The van der Waals surface area contributed by atoms with Gasteiger partial charge in [0, 0.05) is 18.8 Å². The summed E-state index contributed by atoms with van der Waals surface area (Å²) in [5, 5.41) is 0. The molecule has 0 saturated carbocycles. The third-order valence-corrected chi connectivity index (χ3v) is 3.76. The van der Waals surface area contributed by atoms with Crippen LogP contribution in [0.25, 0.3) is 0 Å². The lowest BCUT2D eigenvalue weighted by Gasteiger charge is -2.26. The quantitative estimate of drug-likeness (QED) is 0.915. The van der Waals surface area contributed by atoms with Crippen molar-refractivity contribution in [1.29, 1.82) is 0 Å². The van der Waals surface area contributed by atoms with Gasteiger partial charge < -0.3 is 15.4 Å². The first-order valence-electron chi connectivity index (χ1n) is 6.52. The zero-order valence-corrected chi connectivity index (χ0v) is 11.0. The van der Waals surface area contributed by atoms with Crippen molar-refractivity contribution < 1.29 is 4.74 Å². The average Bonchev–Trinajstić information content (AvgIpc) is 2.85. The summed E-state index contributed by atoms with van der Waals surface area (Å²) in [5.41, 5.74) is 9.87. The minimum atomic E-state index is 0.268. The van der Waals surface area contributed by atoms with Crippen molar-refractivity contribution in [1.82, 2.24) is 0 Å². The highest BCUT2D eigenvalue weighted by molar-refractivity contribution is 5.56. The summed E-state index contributed by atoms with van der Waals surface area (Å²) in [6.45, 7) is 1.55. The summed E-state index contributed by atoms with van der Waals surface area (Å²) in [5.74, 6) is 0.879. The van der Waals surface area contributed by atoms with E-state index < -0.39 is 0 Å². The average molecular weight is 254 g/mol. The first kappa shape index (κ1) is 12.1. The zero-order valence-electron chi connectivity index (χ0n) is 11.0. The lowest BCUT2D eigenvalue weighted by molar-refractivity contribution is 0.415. The number of methoxy groups -OCH3 is 1. The molecule has 1 heterocycles. The van der Waals surface area contributed by atoms with Crippen molar-refractivity contribution in [2.75, 3.05) is 18.6 Å². The minimum Gasteiger partial charge on any atom is -0.497 e. The van der Waals surface area contributed by atoms with Crippen LogP contribution in [0.5, 0.6) is 5.75 Å². The summed E-state index contributed by atoms with van der Waals surface area (Å²) < 4.78 is 5.20. The number of rotatable bonds is 3. The van der Waals surface area contributed by atoms with Crippen LogP contribution in [0.3, 0.4) is 0 Å². The Bertz CT molecular complexity index is 565. The third-order valence-electron chi connectivity index (χ3n) is 3.76. The maximum Gasteiger partial charge on any atom is 0.119 e. The Morgan fingerprint density at radius 3 is 2.58 bits per heavy atom. The second-order valence-electron chi connectivity index (χ2n) is 4.78. The Hall–Kier alpha value is -2.00. The minimum absolute atomic E-state index is 0.268. The summed E-state index contributed by atoms with van der Waals surface area (Å²) in [7, 11) is 1.68. The number of benzene rings is 2. The van der Waals surface area contributed by atoms with Crippen LogP contribution in [0.15, 0.2) is 48.5 Å². The highest BCUT2D eigenvalue weighted by Crippen LogP contribution is 2.37. The SMILES string of the molecule is COc1ccc(N2Cc3ccccc3C2CN)cc1. The Morgan fingerprint density at radius 2 is 1.89 bits per heavy atom. The number of hydrogen-bond donors (Lipinski definition) is 1. The fourth-order valence-corrected chi connectivity index (χ4v) is 2.76. The van der Waals surface area contributed by atoms with Gasteiger partial charge in [0.1, 0.15) is 5.75 Å². The molecule has 0 aliphatic carbocycles. The Labute approximate surface area is 113 Å². The normalized spacial score (nSPS) is 17.4. The molecular weight excluding hydrogens is 236 g/mol. The van der Waals surface area contributed by atoms with Crippen LogP contribution < -0.4 is 15.4 Å². The van der Waals surface area contributed by atoms with E-state index in [1.807, 2.05) is 12.1 Å². The zero-order chi connectivity index (χ0) is 13.2. The van der Waals surface area contributed by atoms with E-state index >= 15 is 0 Å². The molecule has 1 atom stereocenters. The molecule has 2 aromatic carbocycles. The summed E-state index contributed by atoms with van der Waals surface area (Å²) >= 11 is 0. The van der Waals surface area contributed by atoms with Crippen LogP contribution in [0.2, 0.25) is 0 Å². The monoisotopic (exact) mass is 254 g/mol. The second-order valence-corrected chi connectivity index (χ2v) is 4.78. The van der Waals surface area contributed by atoms with Gasteiger partial charge >= 0.3 is 0 Å². The molecule has 0 fully saturated rings. The van der Waals surface area contributed by atoms with Gasteiger partial charge in [0.25, 0.3) is 0 Å². The van der Waals surface area contributed by atoms with Crippen molar-refractivity contribution in [3.05, 3.63) is 59.7 Å². The van der Waals surface area contributed by atoms with E-state index in [4.69, 9.17) is 10.5 Å². The second kappa shape index (κ2) is 4.94.